The smallest absolute Gasteiger partial charge is 0.191 e. The molecule has 0 N–H and O–H groups in total. The number of rotatable bonds is 10. The van der Waals surface area contributed by atoms with Crippen LogP contribution in [0.2, 0.25) is 5.02 Å². The summed E-state index contributed by atoms with van der Waals surface area (Å²) in [5, 5.41) is 10.2. The third-order valence-electron chi connectivity index (χ3n) is 4.19. The van der Waals surface area contributed by atoms with Gasteiger partial charge in [0.05, 0.1) is 13.7 Å². The van der Waals surface area contributed by atoms with Crippen molar-refractivity contribution in [1.82, 2.24) is 14.8 Å². The zero-order chi connectivity index (χ0) is 20.6. The molecule has 0 aliphatic carbocycles. The van der Waals surface area contributed by atoms with E-state index in [4.69, 9.17) is 25.8 Å². The Balaban J connectivity index is 1.59. The van der Waals surface area contributed by atoms with Crippen LogP contribution in [0.15, 0.2) is 53.7 Å². The second-order valence-corrected chi connectivity index (χ2v) is 7.65. The van der Waals surface area contributed by atoms with Crippen LogP contribution >= 0.6 is 23.4 Å². The van der Waals surface area contributed by atoms with Crippen LogP contribution in [0, 0.1) is 0 Å². The zero-order valence-corrected chi connectivity index (χ0v) is 18.2. The minimum atomic E-state index is -0.265. The summed E-state index contributed by atoms with van der Waals surface area (Å²) < 4.78 is 19.2. The number of ether oxygens (including phenoxy) is 3. The van der Waals surface area contributed by atoms with E-state index in [0.717, 1.165) is 29.0 Å². The van der Waals surface area contributed by atoms with Crippen molar-refractivity contribution in [2.75, 3.05) is 19.5 Å². The van der Waals surface area contributed by atoms with Crippen LogP contribution in [-0.2, 0) is 6.54 Å². The van der Waals surface area contributed by atoms with Crippen molar-refractivity contribution in [3.63, 3.8) is 0 Å². The van der Waals surface area contributed by atoms with Crippen LogP contribution in [0.1, 0.15) is 25.8 Å². The monoisotopic (exact) mass is 433 g/mol. The molecular weight excluding hydrogens is 410 g/mol. The first-order valence-corrected chi connectivity index (χ1v) is 10.7. The molecule has 3 rings (SSSR count). The van der Waals surface area contributed by atoms with E-state index in [1.54, 1.807) is 18.9 Å². The maximum absolute atomic E-state index is 6.08. The normalized spacial score (nSPS) is 11.9. The van der Waals surface area contributed by atoms with Crippen molar-refractivity contribution < 1.29 is 14.2 Å². The van der Waals surface area contributed by atoms with Crippen molar-refractivity contribution in [3.8, 4) is 17.2 Å². The third kappa shape index (κ3) is 5.58. The second-order valence-electron chi connectivity index (χ2n) is 6.15. The first kappa shape index (κ1) is 21.3. The zero-order valence-electron chi connectivity index (χ0n) is 16.7. The standard InChI is InChI=1S/C21H24ClN3O3S/c1-4-25-20(15(2)28-19-8-6-5-7-18(19)26-3)23-24-21(25)29-14-13-27-17-11-9-16(22)10-12-17/h5-12,15H,4,13-14H2,1-3H3. The lowest BCUT2D eigenvalue weighted by molar-refractivity contribution is 0.200. The van der Waals surface area contributed by atoms with E-state index >= 15 is 0 Å². The van der Waals surface area contributed by atoms with Gasteiger partial charge in [0.25, 0.3) is 0 Å². The molecule has 6 nitrogen and oxygen atoms in total. The molecule has 0 bridgehead atoms. The average molecular weight is 434 g/mol. The number of halogens is 1. The summed E-state index contributed by atoms with van der Waals surface area (Å²) >= 11 is 7.49. The fourth-order valence-electron chi connectivity index (χ4n) is 2.79. The Morgan fingerprint density at radius 3 is 2.48 bits per heavy atom. The van der Waals surface area contributed by atoms with Gasteiger partial charge >= 0.3 is 0 Å². The molecule has 154 valence electrons. The molecular formula is C21H24ClN3O3S. The molecule has 0 amide bonds. The van der Waals surface area contributed by atoms with E-state index in [9.17, 15) is 0 Å². The summed E-state index contributed by atoms with van der Waals surface area (Å²) in [4.78, 5) is 0. The van der Waals surface area contributed by atoms with Gasteiger partial charge in [0.2, 0.25) is 0 Å². The van der Waals surface area contributed by atoms with Crippen LogP contribution < -0.4 is 14.2 Å². The van der Waals surface area contributed by atoms with E-state index in [2.05, 4.69) is 21.7 Å². The van der Waals surface area contributed by atoms with E-state index in [1.807, 2.05) is 55.5 Å². The van der Waals surface area contributed by atoms with Crippen LogP contribution in [0.3, 0.4) is 0 Å². The Morgan fingerprint density at radius 1 is 1.07 bits per heavy atom. The Morgan fingerprint density at radius 2 is 1.79 bits per heavy atom. The van der Waals surface area contributed by atoms with Gasteiger partial charge in [-0.15, -0.1) is 10.2 Å². The number of thioether (sulfide) groups is 1. The molecule has 0 aliphatic rings. The van der Waals surface area contributed by atoms with Gasteiger partial charge in [-0.05, 0) is 50.2 Å². The fourth-order valence-corrected chi connectivity index (χ4v) is 3.74. The molecule has 8 heteroatoms. The van der Waals surface area contributed by atoms with Crippen LogP contribution in [0.25, 0.3) is 0 Å². The average Bonchev–Trinajstić information content (AvgIpc) is 3.16. The Kier molecular flexibility index (Phi) is 7.66. The molecule has 0 saturated carbocycles. The Hall–Kier alpha value is -2.38. The van der Waals surface area contributed by atoms with Crippen molar-refractivity contribution in [2.24, 2.45) is 0 Å². The molecule has 0 fully saturated rings. The fraction of sp³-hybridized carbons (Fsp3) is 0.333. The number of methoxy groups -OCH3 is 1. The maximum atomic E-state index is 6.08. The third-order valence-corrected chi connectivity index (χ3v) is 5.38. The summed E-state index contributed by atoms with van der Waals surface area (Å²) in [6, 6.07) is 14.9. The lowest BCUT2D eigenvalue weighted by atomic mass is 10.3. The highest BCUT2D eigenvalue weighted by molar-refractivity contribution is 7.99. The van der Waals surface area contributed by atoms with Gasteiger partial charge in [-0.25, -0.2) is 0 Å². The van der Waals surface area contributed by atoms with E-state index in [-0.39, 0.29) is 6.10 Å². The number of para-hydroxylation sites is 2. The lowest BCUT2D eigenvalue weighted by Gasteiger charge is -2.17. The number of hydrogen-bond acceptors (Lipinski definition) is 6. The highest BCUT2D eigenvalue weighted by Gasteiger charge is 2.19. The van der Waals surface area contributed by atoms with Gasteiger partial charge in [0.15, 0.2) is 28.6 Å². The van der Waals surface area contributed by atoms with Crippen LogP contribution in [0.5, 0.6) is 17.2 Å². The SMILES string of the molecule is CCn1c(SCCOc2ccc(Cl)cc2)nnc1C(C)Oc1ccccc1OC. The predicted molar refractivity (Wildman–Crippen MR) is 115 cm³/mol. The number of benzene rings is 2. The number of aromatic nitrogens is 3. The number of hydrogen-bond donors (Lipinski definition) is 0. The van der Waals surface area contributed by atoms with Crippen LogP contribution in [0.4, 0.5) is 0 Å². The highest BCUT2D eigenvalue weighted by atomic mass is 35.5. The van der Waals surface area contributed by atoms with Crippen molar-refractivity contribution >= 4 is 23.4 Å². The molecule has 29 heavy (non-hydrogen) atoms. The molecule has 0 saturated heterocycles. The molecule has 0 aliphatic heterocycles. The highest BCUT2D eigenvalue weighted by Crippen LogP contribution is 2.31. The van der Waals surface area contributed by atoms with Gasteiger partial charge in [-0.1, -0.05) is 35.5 Å². The summed E-state index contributed by atoms with van der Waals surface area (Å²) in [5.41, 5.74) is 0. The topological polar surface area (TPSA) is 58.4 Å². The molecule has 1 heterocycles. The second kappa shape index (κ2) is 10.4. The van der Waals surface area contributed by atoms with Gasteiger partial charge in [0, 0.05) is 17.3 Å². The number of nitrogens with zero attached hydrogens (tertiary/aromatic N) is 3. The van der Waals surface area contributed by atoms with Crippen molar-refractivity contribution in [3.05, 3.63) is 59.4 Å². The molecule has 0 radical (unpaired) electrons. The summed E-state index contributed by atoms with van der Waals surface area (Å²) in [5.74, 6) is 3.70. The molecule has 0 spiro atoms. The van der Waals surface area contributed by atoms with E-state index < -0.39 is 0 Å². The predicted octanol–water partition coefficient (Wildman–Crippen LogP) is 5.27. The van der Waals surface area contributed by atoms with Crippen molar-refractivity contribution in [2.45, 2.75) is 31.7 Å². The summed E-state index contributed by atoms with van der Waals surface area (Å²) in [6.45, 7) is 5.34. The quantitative estimate of drug-likeness (QED) is 0.320. The minimum absolute atomic E-state index is 0.265. The molecule has 3 aromatic rings. The Bertz CT molecular complexity index is 918. The van der Waals surface area contributed by atoms with Gasteiger partial charge < -0.3 is 18.8 Å². The van der Waals surface area contributed by atoms with E-state index in [0.29, 0.717) is 23.1 Å². The van der Waals surface area contributed by atoms with Gasteiger partial charge in [-0.3, -0.25) is 0 Å². The largest absolute Gasteiger partial charge is 0.493 e. The summed E-state index contributed by atoms with van der Waals surface area (Å²) in [6.07, 6.45) is -0.265. The van der Waals surface area contributed by atoms with E-state index in [1.165, 1.54) is 0 Å². The molecule has 1 atom stereocenters. The first-order chi connectivity index (χ1) is 14.1. The maximum Gasteiger partial charge on any atom is 0.191 e. The Labute approximate surface area is 180 Å². The molecule has 2 aromatic carbocycles. The molecule has 1 aromatic heterocycles. The minimum Gasteiger partial charge on any atom is -0.493 e. The molecule has 1 unspecified atom stereocenters. The van der Waals surface area contributed by atoms with Crippen LogP contribution in [-0.4, -0.2) is 34.2 Å². The van der Waals surface area contributed by atoms with Crippen molar-refractivity contribution in [1.29, 1.82) is 0 Å². The first-order valence-electron chi connectivity index (χ1n) is 9.36. The van der Waals surface area contributed by atoms with Gasteiger partial charge in [-0.2, -0.15) is 0 Å². The lowest BCUT2D eigenvalue weighted by Crippen LogP contribution is -2.12. The van der Waals surface area contributed by atoms with Gasteiger partial charge in [0.1, 0.15) is 5.75 Å². The summed E-state index contributed by atoms with van der Waals surface area (Å²) in [7, 11) is 1.63.